The molecule has 0 saturated carbocycles. The number of H-pyrrole nitrogens is 1. The van der Waals surface area contributed by atoms with Crippen molar-refractivity contribution in [1.82, 2.24) is 20.4 Å². The number of hydrogen-bond acceptors (Lipinski definition) is 5. The lowest BCUT2D eigenvalue weighted by molar-refractivity contribution is -0.130. The zero-order valence-corrected chi connectivity index (χ0v) is 11.6. The minimum absolute atomic E-state index is 0.147. The summed E-state index contributed by atoms with van der Waals surface area (Å²) in [7, 11) is 0. The Kier molecular flexibility index (Phi) is 4.23. The number of hydrogen-bond donors (Lipinski definition) is 3. The van der Waals surface area contributed by atoms with Crippen LogP contribution in [0.1, 0.15) is 23.0 Å². The molecule has 1 aromatic heterocycles. The number of nitrogens with two attached hydrogens (primary N) is 1. The van der Waals surface area contributed by atoms with Crippen molar-refractivity contribution in [3.05, 3.63) is 11.3 Å². The topological polar surface area (TPSA) is 113 Å². The molecule has 20 heavy (non-hydrogen) atoms. The van der Waals surface area contributed by atoms with Crippen LogP contribution >= 0.6 is 0 Å². The van der Waals surface area contributed by atoms with Crippen molar-refractivity contribution < 1.29 is 14.3 Å². The molecule has 1 atom stereocenters. The minimum Gasteiger partial charge on any atom is -0.382 e. The molecule has 0 spiro atoms. The third-order valence-electron chi connectivity index (χ3n) is 3.23. The molecule has 2 amide bonds. The Labute approximate surface area is 116 Å². The molecule has 1 aliphatic rings. The summed E-state index contributed by atoms with van der Waals surface area (Å²) in [5.74, 6) is -0.373. The van der Waals surface area contributed by atoms with Crippen LogP contribution in [0.2, 0.25) is 0 Å². The Bertz CT molecular complexity index is 494. The maximum Gasteiger partial charge on any atom is 0.260 e. The number of rotatable bonds is 3. The molecule has 8 heteroatoms. The van der Waals surface area contributed by atoms with Crippen LogP contribution in [-0.4, -0.2) is 59.3 Å². The van der Waals surface area contributed by atoms with E-state index in [1.54, 1.807) is 6.92 Å². The number of amides is 2. The molecule has 4 N–H and O–H groups in total. The van der Waals surface area contributed by atoms with Crippen LogP contribution in [-0.2, 0) is 9.53 Å². The zero-order chi connectivity index (χ0) is 14.7. The maximum absolute atomic E-state index is 12.6. The lowest BCUT2D eigenvalue weighted by Crippen LogP contribution is -2.56. The smallest absolute Gasteiger partial charge is 0.260 e. The third kappa shape index (κ3) is 2.60. The number of carbonyl (C=O) groups excluding carboxylic acids is 2. The van der Waals surface area contributed by atoms with E-state index in [0.717, 1.165) is 0 Å². The van der Waals surface area contributed by atoms with Crippen molar-refractivity contribution in [1.29, 1.82) is 0 Å². The lowest BCUT2D eigenvalue weighted by Gasteiger charge is -2.34. The van der Waals surface area contributed by atoms with Gasteiger partial charge in [0.25, 0.3) is 5.91 Å². The standard InChI is InChI=1S/C12H19N5O3/c1-3-14-11(18)8-6-20-5-4-17(8)12(19)9-7(2)15-16-10(9)13/h8H,3-6H2,1-2H3,(H,14,18)(H3,13,15,16). The van der Waals surface area contributed by atoms with E-state index in [9.17, 15) is 9.59 Å². The van der Waals surface area contributed by atoms with Gasteiger partial charge in [0.1, 0.15) is 11.6 Å². The van der Waals surface area contributed by atoms with Crippen molar-refractivity contribution >= 4 is 17.6 Å². The average Bonchev–Trinajstić information content (AvgIpc) is 2.78. The van der Waals surface area contributed by atoms with Gasteiger partial charge in [-0.25, -0.2) is 0 Å². The summed E-state index contributed by atoms with van der Waals surface area (Å²) in [5.41, 5.74) is 6.62. The molecule has 0 aromatic carbocycles. The zero-order valence-electron chi connectivity index (χ0n) is 11.6. The first-order valence-corrected chi connectivity index (χ1v) is 6.53. The second-order valence-electron chi connectivity index (χ2n) is 4.59. The van der Waals surface area contributed by atoms with E-state index >= 15 is 0 Å². The van der Waals surface area contributed by atoms with Gasteiger partial charge in [-0.1, -0.05) is 0 Å². The number of nitrogens with zero attached hydrogens (tertiary/aromatic N) is 2. The largest absolute Gasteiger partial charge is 0.382 e. The predicted octanol–water partition coefficient (Wildman–Crippen LogP) is -0.723. The van der Waals surface area contributed by atoms with Crippen LogP contribution in [0.3, 0.4) is 0 Å². The molecule has 1 saturated heterocycles. The molecule has 0 bridgehead atoms. The molecule has 0 radical (unpaired) electrons. The highest BCUT2D eigenvalue weighted by Crippen LogP contribution is 2.18. The van der Waals surface area contributed by atoms with Crippen LogP contribution in [0.15, 0.2) is 0 Å². The van der Waals surface area contributed by atoms with Gasteiger partial charge in [-0.05, 0) is 13.8 Å². The van der Waals surface area contributed by atoms with Gasteiger partial charge in [0.15, 0.2) is 5.82 Å². The third-order valence-corrected chi connectivity index (χ3v) is 3.23. The number of likely N-dealkylation sites (N-methyl/N-ethyl adjacent to an activating group) is 1. The van der Waals surface area contributed by atoms with Crippen LogP contribution in [0.4, 0.5) is 5.82 Å². The molecule has 1 aromatic rings. The van der Waals surface area contributed by atoms with Crippen molar-refractivity contribution in [2.75, 3.05) is 32.0 Å². The van der Waals surface area contributed by atoms with Crippen molar-refractivity contribution in [2.24, 2.45) is 0 Å². The number of nitrogen functional groups attached to an aromatic ring is 1. The number of anilines is 1. The fourth-order valence-corrected chi connectivity index (χ4v) is 2.22. The van der Waals surface area contributed by atoms with Crippen molar-refractivity contribution in [2.45, 2.75) is 19.9 Å². The lowest BCUT2D eigenvalue weighted by atomic mass is 10.1. The number of carbonyl (C=O) groups is 2. The second-order valence-corrected chi connectivity index (χ2v) is 4.59. The quantitative estimate of drug-likeness (QED) is 0.676. The number of aromatic amines is 1. The Morgan fingerprint density at radius 3 is 2.95 bits per heavy atom. The first-order chi connectivity index (χ1) is 9.56. The van der Waals surface area contributed by atoms with Gasteiger partial charge in [-0.15, -0.1) is 0 Å². The van der Waals surface area contributed by atoms with Gasteiger partial charge in [-0.3, -0.25) is 14.7 Å². The fourth-order valence-electron chi connectivity index (χ4n) is 2.22. The van der Waals surface area contributed by atoms with Gasteiger partial charge in [0.05, 0.1) is 13.2 Å². The van der Waals surface area contributed by atoms with Gasteiger partial charge in [0.2, 0.25) is 5.91 Å². The van der Waals surface area contributed by atoms with E-state index in [2.05, 4.69) is 15.5 Å². The number of aromatic nitrogens is 2. The highest BCUT2D eigenvalue weighted by atomic mass is 16.5. The van der Waals surface area contributed by atoms with Crippen LogP contribution < -0.4 is 11.1 Å². The predicted molar refractivity (Wildman–Crippen MR) is 72.1 cm³/mol. The first-order valence-electron chi connectivity index (χ1n) is 6.53. The van der Waals surface area contributed by atoms with Gasteiger partial charge in [-0.2, -0.15) is 5.10 Å². The molecule has 1 aliphatic heterocycles. The molecule has 8 nitrogen and oxygen atoms in total. The minimum atomic E-state index is -0.634. The molecule has 2 heterocycles. The number of morpholine rings is 1. The molecule has 110 valence electrons. The van der Waals surface area contributed by atoms with Crippen LogP contribution in [0.25, 0.3) is 0 Å². The van der Waals surface area contributed by atoms with Crippen molar-refractivity contribution in [3.63, 3.8) is 0 Å². The normalized spacial score (nSPS) is 18.9. The van der Waals surface area contributed by atoms with Gasteiger partial charge in [0, 0.05) is 18.8 Å². The summed E-state index contributed by atoms with van der Waals surface area (Å²) >= 11 is 0. The highest BCUT2D eigenvalue weighted by molar-refractivity contribution is 6.01. The SMILES string of the molecule is CCNC(=O)C1COCCN1C(=O)c1c(N)n[nH]c1C. The van der Waals surface area contributed by atoms with Crippen LogP contribution in [0.5, 0.6) is 0 Å². The highest BCUT2D eigenvalue weighted by Gasteiger charge is 2.35. The Balaban J connectivity index is 2.24. The monoisotopic (exact) mass is 281 g/mol. The van der Waals surface area contributed by atoms with E-state index in [1.807, 2.05) is 6.92 Å². The van der Waals surface area contributed by atoms with E-state index in [1.165, 1.54) is 4.90 Å². The Morgan fingerprint density at radius 2 is 2.35 bits per heavy atom. The first kappa shape index (κ1) is 14.3. The average molecular weight is 281 g/mol. The summed E-state index contributed by atoms with van der Waals surface area (Å²) in [6.45, 7) is 4.99. The van der Waals surface area contributed by atoms with E-state index in [4.69, 9.17) is 10.5 Å². The van der Waals surface area contributed by atoms with E-state index < -0.39 is 6.04 Å². The number of ether oxygens (including phenoxy) is 1. The maximum atomic E-state index is 12.6. The number of aryl methyl sites for hydroxylation is 1. The second kappa shape index (κ2) is 5.91. The summed E-state index contributed by atoms with van der Waals surface area (Å²) in [6, 6.07) is -0.634. The summed E-state index contributed by atoms with van der Waals surface area (Å²) in [6.07, 6.45) is 0. The Hall–Kier alpha value is -2.09. The molecular formula is C12H19N5O3. The molecule has 2 rings (SSSR count). The van der Waals surface area contributed by atoms with Crippen molar-refractivity contribution in [3.8, 4) is 0 Å². The Morgan fingerprint density at radius 1 is 1.60 bits per heavy atom. The summed E-state index contributed by atoms with van der Waals surface area (Å²) < 4.78 is 5.30. The van der Waals surface area contributed by atoms with E-state index in [0.29, 0.717) is 31.0 Å². The molecule has 1 unspecified atom stereocenters. The van der Waals surface area contributed by atoms with Gasteiger partial charge < -0.3 is 20.7 Å². The number of nitrogens with one attached hydrogen (secondary N) is 2. The molecule has 1 fully saturated rings. The van der Waals surface area contributed by atoms with Crippen LogP contribution in [0, 0.1) is 6.92 Å². The molecule has 0 aliphatic carbocycles. The summed E-state index contributed by atoms with van der Waals surface area (Å²) in [5, 5.41) is 9.19. The summed E-state index contributed by atoms with van der Waals surface area (Å²) in [4.78, 5) is 26.1. The van der Waals surface area contributed by atoms with Gasteiger partial charge >= 0.3 is 0 Å². The molecular weight excluding hydrogens is 262 g/mol. The van der Waals surface area contributed by atoms with E-state index in [-0.39, 0.29) is 24.2 Å². The fraction of sp³-hybridized carbons (Fsp3) is 0.583.